The third-order valence-corrected chi connectivity index (χ3v) is 4.24. The largest absolute Gasteiger partial charge is 0.478 e. The zero-order valence-electron chi connectivity index (χ0n) is 9.85. The topological polar surface area (TPSA) is 62.8 Å². The number of halogens is 2. The van der Waals surface area contributed by atoms with Crippen molar-refractivity contribution in [1.29, 1.82) is 0 Å². The maximum atomic E-state index is 11.0. The van der Waals surface area contributed by atoms with Crippen LogP contribution in [0.5, 0.6) is 0 Å². The van der Waals surface area contributed by atoms with E-state index in [-0.39, 0.29) is 5.56 Å². The van der Waals surface area contributed by atoms with E-state index in [9.17, 15) is 4.79 Å². The van der Waals surface area contributed by atoms with Gasteiger partial charge in [-0.05, 0) is 56.5 Å². The van der Waals surface area contributed by atoms with Gasteiger partial charge in [-0.3, -0.25) is 4.99 Å². The summed E-state index contributed by atoms with van der Waals surface area (Å²) in [5, 5.41) is 9.03. The van der Waals surface area contributed by atoms with Gasteiger partial charge in [-0.2, -0.15) is 0 Å². The summed E-state index contributed by atoms with van der Waals surface area (Å²) in [7, 11) is 0. The lowest BCUT2D eigenvalue weighted by Gasteiger charge is -2.03. The molecule has 0 atom stereocenters. The molecule has 0 bridgehead atoms. The number of rotatable bonds is 3. The Morgan fingerprint density at radius 3 is 2.74 bits per heavy atom. The number of hydrogen-bond acceptors (Lipinski definition) is 3. The average Bonchev–Trinajstić information content (AvgIpc) is 2.67. The standard InChI is InChI=1S/C13H9Br2NO3/c1-7-9(13(17)18)3-2-4-11(7)16-6-8-5-10(14)12(15)19-8/h2-6H,1H3,(H,17,18). The molecule has 0 unspecified atom stereocenters. The Hall–Kier alpha value is -1.40. The number of nitrogens with zero attached hydrogens (tertiary/aromatic N) is 1. The molecule has 1 aromatic carbocycles. The second-order valence-electron chi connectivity index (χ2n) is 3.78. The predicted molar refractivity (Wildman–Crippen MR) is 79.5 cm³/mol. The van der Waals surface area contributed by atoms with Crippen molar-refractivity contribution < 1.29 is 14.3 Å². The highest BCUT2D eigenvalue weighted by Gasteiger charge is 2.09. The van der Waals surface area contributed by atoms with Crippen molar-refractivity contribution in [2.45, 2.75) is 6.92 Å². The van der Waals surface area contributed by atoms with Crippen molar-refractivity contribution in [3.8, 4) is 0 Å². The summed E-state index contributed by atoms with van der Waals surface area (Å²) in [6.07, 6.45) is 1.55. The summed E-state index contributed by atoms with van der Waals surface area (Å²) in [6, 6.07) is 6.74. The minimum absolute atomic E-state index is 0.247. The van der Waals surface area contributed by atoms with E-state index in [0.29, 0.717) is 21.7 Å². The molecule has 0 radical (unpaired) electrons. The summed E-state index contributed by atoms with van der Waals surface area (Å²) in [4.78, 5) is 15.3. The molecule has 2 rings (SSSR count). The predicted octanol–water partition coefficient (Wildman–Crippen LogP) is 4.56. The van der Waals surface area contributed by atoms with E-state index in [0.717, 1.165) is 4.47 Å². The van der Waals surface area contributed by atoms with E-state index in [2.05, 4.69) is 36.9 Å². The fourth-order valence-electron chi connectivity index (χ4n) is 1.56. The third-order valence-electron chi connectivity index (χ3n) is 2.53. The molecule has 2 aromatic rings. The molecule has 6 heteroatoms. The summed E-state index contributed by atoms with van der Waals surface area (Å²) >= 11 is 6.54. The van der Waals surface area contributed by atoms with Crippen LogP contribution in [-0.4, -0.2) is 17.3 Å². The highest BCUT2D eigenvalue weighted by atomic mass is 79.9. The van der Waals surface area contributed by atoms with E-state index in [1.54, 1.807) is 37.4 Å². The van der Waals surface area contributed by atoms with Crippen LogP contribution in [-0.2, 0) is 0 Å². The number of benzene rings is 1. The number of aliphatic imine (C=N–C) groups is 1. The Bertz CT molecular complexity index is 642. The maximum absolute atomic E-state index is 11.0. The van der Waals surface area contributed by atoms with Gasteiger partial charge >= 0.3 is 5.97 Å². The third kappa shape index (κ3) is 3.13. The van der Waals surface area contributed by atoms with Gasteiger partial charge in [0, 0.05) is 6.07 Å². The quantitative estimate of drug-likeness (QED) is 0.786. The van der Waals surface area contributed by atoms with Crippen LogP contribution in [0, 0.1) is 6.92 Å². The zero-order chi connectivity index (χ0) is 14.0. The van der Waals surface area contributed by atoms with Crippen LogP contribution in [0.15, 0.2) is 42.8 Å². The average molecular weight is 387 g/mol. The van der Waals surface area contributed by atoms with Crippen molar-refractivity contribution in [3.05, 3.63) is 50.3 Å². The molecular formula is C13H9Br2NO3. The smallest absolute Gasteiger partial charge is 0.336 e. The lowest BCUT2D eigenvalue weighted by atomic mass is 10.1. The molecule has 98 valence electrons. The number of carboxylic acids is 1. The van der Waals surface area contributed by atoms with Gasteiger partial charge in [-0.15, -0.1) is 0 Å². The summed E-state index contributed by atoms with van der Waals surface area (Å²) in [6.45, 7) is 1.73. The molecule has 19 heavy (non-hydrogen) atoms. The molecule has 0 aliphatic rings. The summed E-state index contributed by atoms with van der Waals surface area (Å²) in [5.74, 6) is -0.392. The van der Waals surface area contributed by atoms with Crippen LogP contribution in [0.25, 0.3) is 0 Å². The first-order valence-corrected chi connectivity index (χ1v) is 6.89. The second-order valence-corrected chi connectivity index (χ2v) is 5.36. The molecule has 1 N–H and O–H groups in total. The SMILES string of the molecule is Cc1c(N=Cc2cc(Br)c(Br)o2)cccc1C(=O)O. The van der Waals surface area contributed by atoms with Gasteiger partial charge in [0.2, 0.25) is 0 Å². The number of carboxylic acid groups (broad SMARTS) is 1. The zero-order valence-corrected chi connectivity index (χ0v) is 13.0. The molecule has 0 aliphatic heterocycles. The Morgan fingerprint density at radius 2 is 2.16 bits per heavy atom. The number of carbonyl (C=O) groups is 1. The van der Waals surface area contributed by atoms with E-state index in [1.165, 1.54) is 0 Å². The van der Waals surface area contributed by atoms with Gasteiger partial charge in [0.1, 0.15) is 5.76 Å². The number of hydrogen-bond donors (Lipinski definition) is 1. The molecule has 4 nitrogen and oxygen atoms in total. The fraction of sp³-hybridized carbons (Fsp3) is 0.0769. The molecule has 1 aromatic heterocycles. The highest BCUT2D eigenvalue weighted by molar-refractivity contribution is 9.13. The Balaban J connectivity index is 2.33. The van der Waals surface area contributed by atoms with Crippen molar-refractivity contribution in [2.24, 2.45) is 4.99 Å². The van der Waals surface area contributed by atoms with Crippen molar-refractivity contribution >= 4 is 49.7 Å². The van der Waals surface area contributed by atoms with Crippen LogP contribution < -0.4 is 0 Å². The van der Waals surface area contributed by atoms with Crippen LogP contribution in [0.3, 0.4) is 0 Å². The van der Waals surface area contributed by atoms with Crippen molar-refractivity contribution in [3.63, 3.8) is 0 Å². The van der Waals surface area contributed by atoms with E-state index in [1.807, 2.05) is 0 Å². The normalized spacial score (nSPS) is 11.1. The first kappa shape index (κ1) is 14.0. The van der Waals surface area contributed by atoms with Gasteiger partial charge in [0.05, 0.1) is 21.9 Å². The first-order chi connectivity index (χ1) is 8.99. The van der Waals surface area contributed by atoms with Crippen LogP contribution >= 0.6 is 31.9 Å². The monoisotopic (exact) mass is 385 g/mol. The maximum Gasteiger partial charge on any atom is 0.336 e. The lowest BCUT2D eigenvalue weighted by Crippen LogP contribution is -1.99. The fourth-order valence-corrected chi connectivity index (χ4v) is 2.16. The molecule has 0 fully saturated rings. The van der Waals surface area contributed by atoms with Gasteiger partial charge in [-0.25, -0.2) is 4.79 Å². The summed E-state index contributed by atoms with van der Waals surface area (Å²) in [5.41, 5.74) is 1.47. The Morgan fingerprint density at radius 1 is 1.42 bits per heavy atom. The molecule has 0 saturated carbocycles. The van der Waals surface area contributed by atoms with Crippen LogP contribution in [0.4, 0.5) is 5.69 Å². The molecule has 1 heterocycles. The minimum atomic E-state index is -0.960. The Labute approximate surface area is 126 Å². The molecule has 0 spiro atoms. The van der Waals surface area contributed by atoms with Crippen molar-refractivity contribution in [2.75, 3.05) is 0 Å². The molecule has 0 amide bonds. The van der Waals surface area contributed by atoms with Gasteiger partial charge in [0.25, 0.3) is 0 Å². The van der Waals surface area contributed by atoms with Crippen LogP contribution in [0.2, 0.25) is 0 Å². The minimum Gasteiger partial charge on any atom is -0.478 e. The molecule has 0 saturated heterocycles. The second kappa shape index (κ2) is 5.71. The van der Waals surface area contributed by atoms with Crippen LogP contribution in [0.1, 0.15) is 21.7 Å². The van der Waals surface area contributed by atoms with E-state index >= 15 is 0 Å². The highest BCUT2D eigenvalue weighted by Crippen LogP contribution is 2.27. The van der Waals surface area contributed by atoms with E-state index in [4.69, 9.17) is 9.52 Å². The van der Waals surface area contributed by atoms with Crippen molar-refractivity contribution in [1.82, 2.24) is 0 Å². The van der Waals surface area contributed by atoms with Gasteiger partial charge < -0.3 is 9.52 Å². The first-order valence-electron chi connectivity index (χ1n) is 5.31. The number of furan rings is 1. The number of aromatic carboxylic acids is 1. The van der Waals surface area contributed by atoms with Gasteiger partial charge in [0.15, 0.2) is 4.67 Å². The molecule has 0 aliphatic carbocycles. The van der Waals surface area contributed by atoms with Gasteiger partial charge in [-0.1, -0.05) is 6.07 Å². The molecular weight excluding hydrogens is 378 g/mol. The summed E-state index contributed by atoms with van der Waals surface area (Å²) < 4.78 is 6.74. The lowest BCUT2D eigenvalue weighted by molar-refractivity contribution is 0.0696. The Kier molecular flexibility index (Phi) is 4.21. The van der Waals surface area contributed by atoms with E-state index < -0.39 is 5.97 Å².